The molecular formula is C28H38O10. The van der Waals surface area contributed by atoms with E-state index in [1.54, 1.807) is 26.8 Å². The Bertz CT molecular complexity index is 1090. The predicted molar refractivity (Wildman–Crippen MR) is 132 cm³/mol. The van der Waals surface area contributed by atoms with Crippen LogP contribution in [0.5, 0.6) is 0 Å². The Labute approximate surface area is 222 Å². The summed E-state index contributed by atoms with van der Waals surface area (Å²) in [5.41, 5.74) is -2.60. The molecule has 0 bridgehead atoms. The van der Waals surface area contributed by atoms with Crippen molar-refractivity contribution in [2.75, 3.05) is 0 Å². The first-order valence-corrected chi connectivity index (χ1v) is 13.2. The minimum atomic E-state index is -1.39. The van der Waals surface area contributed by atoms with Gasteiger partial charge in [-0.2, -0.15) is 0 Å². The first-order valence-electron chi connectivity index (χ1n) is 13.2. The molecule has 4 aliphatic rings. The van der Waals surface area contributed by atoms with Gasteiger partial charge in [-0.15, -0.1) is 0 Å². The van der Waals surface area contributed by atoms with Gasteiger partial charge in [-0.25, -0.2) is 4.79 Å². The molecule has 0 aromatic heterocycles. The number of rotatable bonds is 5. The van der Waals surface area contributed by atoms with E-state index in [0.717, 1.165) is 5.57 Å². The lowest BCUT2D eigenvalue weighted by atomic mass is 9.56. The molecule has 4 rings (SSSR count). The summed E-state index contributed by atoms with van der Waals surface area (Å²) in [6.07, 6.45) is -0.387. The van der Waals surface area contributed by atoms with E-state index in [1.807, 2.05) is 19.9 Å². The second-order valence-corrected chi connectivity index (χ2v) is 11.4. The van der Waals surface area contributed by atoms with Crippen LogP contribution >= 0.6 is 0 Å². The Morgan fingerprint density at radius 1 is 1.11 bits per heavy atom. The predicted octanol–water partition coefficient (Wildman–Crippen LogP) is 2.70. The Hall–Kier alpha value is -2.72. The standard InChI is InChI=1S/C28H38O10/c1-8-9-21(31)36-18-12-14(2)13-20-28(27(7,38-28)25(33)37-20)23(32)22-15(3)10-11-19(34-16(4)29)26(22,6)24(18)35-17(5)30/h10,13,18-20,22-24,32H,8-9,11-12H2,1-7H3. The third-order valence-electron chi connectivity index (χ3n) is 8.63. The maximum Gasteiger partial charge on any atom is 0.342 e. The number of ether oxygens (including phenoxy) is 5. The third kappa shape index (κ3) is 4.25. The van der Waals surface area contributed by atoms with E-state index in [-0.39, 0.29) is 19.3 Å². The van der Waals surface area contributed by atoms with Gasteiger partial charge in [0.25, 0.3) is 0 Å². The topological polar surface area (TPSA) is 138 Å². The molecule has 2 aliphatic heterocycles. The highest BCUT2D eigenvalue weighted by atomic mass is 16.7. The van der Waals surface area contributed by atoms with Crippen molar-refractivity contribution in [3.8, 4) is 0 Å². The molecule has 1 spiro atoms. The van der Waals surface area contributed by atoms with E-state index in [2.05, 4.69) is 0 Å². The maximum atomic E-state index is 12.9. The Balaban J connectivity index is 1.96. The zero-order valence-electron chi connectivity index (χ0n) is 23.1. The van der Waals surface area contributed by atoms with Gasteiger partial charge in [0.2, 0.25) is 0 Å². The number of hydrogen-bond donors (Lipinski definition) is 1. The van der Waals surface area contributed by atoms with E-state index in [0.29, 0.717) is 12.0 Å². The van der Waals surface area contributed by atoms with Gasteiger partial charge in [0.05, 0.1) is 11.5 Å². The summed E-state index contributed by atoms with van der Waals surface area (Å²) in [4.78, 5) is 50.4. The maximum absolute atomic E-state index is 12.9. The molecule has 0 saturated carbocycles. The van der Waals surface area contributed by atoms with Gasteiger partial charge >= 0.3 is 23.9 Å². The average Bonchev–Trinajstić information content (AvgIpc) is 3.40. The fraction of sp³-hybridized carbons (Fsp3) is 0.714. The van der Waals surface area contributed by atoms with Crippen molar-refractivity contribution in [1.29, 1.82) is 0 Å². The molecule has 38 heavy (non-hydrogen) atoms. The summed E-state index contributed by atoms with van der Waals surface area (Å²) < 4.78 is 29.4. The van der Waals surface area contributed by atoms with Crippen LogP contribution in [0.25, 0.3) is 0 Å². The highest BCUT2D eigenvalue weighted by molar-refractivity contribution is 5.89. The molecule has 2 fully saturated rings. The van der Waals surface area contributed by atoms with Crippen molar-refractivity contribution in [3.05, 3.63) is 23.3 Å². The van der Waals surface area contributed by atoms with Crippen LogP contribution in [0.3, 0.4) is 0 Å². The van der Waals surface area contributed by atoms with Crippen molar-refractivity contribution in [3.63, 3.8) is 0 Å². The monoisotopic (exact) mass is 534 g/mol. The van der Waals surface area contributed by atoms with E-state index >= 15 is 0 Å². The minimum Gasteiger partial charge on any atom is -0.461 e. The lowest BCUT2D eigenvalue weighted by molar-refractivity contribution is -0.210. The average molecular weight is 535 g/mol. The number of carbonyl (C=O) groups excluding carboxylic acids is 4. The summed E-state index contributed by atoms with van der Waals surface area (Å²) in [6.45, 7) is 11.4. The third-order valence-corrected chi connectivity index (χ3v) is 8.63. The van der Waals surface area contributed by atoms with Crippen molar-refractivity contribution in [2.45, 2.75) is 116 Å². The molecule has 0 aromatic rings. The van der Waals surface area contributed by atoms with Crippen molar-refractivity contribution >= 4 is 23.9 Å². The molecule has 10 heteroatoms. The fourth-order valence-corrected chi connectivity index (χ4v) is 6.83. The van der Waals surface area contributed by atoms with Gasteiger partial charge in [0.15, 0.2) is 17.3 Å². The number of carbonyl (C=O) groups is 4. The zero-order chi connectivity index (χ0) is 28.2. The molecule has 9 atom stereocenters. The minimum absolute atomic E-state index is 0.155. The number of aliphatic hydroxyl groups is 1. The molecule has 0 aromatic carbocycles. The number of epoxide rings is 1. The largest absolute Gasteiger partial charge is 0.461 e. The normalized spacial score (nSPS) is 41.7. The quantitative estimate of drug-likeness (QED) is 0.242. The van der Waals surface area contributed by atoms with Crippen LogP contribution in [-0.2, 0) is 42.9 Å². The van der Waals surface area contributed by atoms with Crippen LogP contribution in [0.2, 0.25) is 0 Å². The SMILES string of the molecule is CCCC(=O)OC1CC(C)=CC2OC(=O)C3(C)OC23C(O)C2C(C)=CCC(OC(C)=O)C2(C)C1OC(C)=O. The molecule has 2 aliphatic carbocycles. The summed E-state index contributed by atoms with van der Waals surface area (Å²) in [5.74, 6) is -3.02. The number of fused-ring (bicyclic) bond motifs is 1. The summed E-state index contributed by atoms with van der Waals surface area (Å²) in [7, 11) is 0. The van der Waals surface area contributed by atoms with Crippen LogP contribution in [0, 0.1) is 11.3 Å². The van der Waals surface area contributed by atoms with Crippen LogP contribution in [0.1, 0.15) is 74.1 Å². The van der Waals surface area contributed by atoms with Crippen LogP contribution in [0.4, 0.5) is 0 Å². The first-order chi connectivity index (χ1) is 17.7. The molecule has 1 N–H and O–H groups in total. The van der Waals surface area contributed by atoms with Gasteiger partial charge in [0.1, 0.15) is 18.3 Å². The highest BCUT2D eigenvalue weighted by Gasteiger charge is 2.86. The summed E-state index contributed by atoms with van der Waals surface area (Å²) in [5, 5.41) is 12.1. The second kappa shape index (κ2) is 9.79. The molecule has 10 nitrogen and oxygen atoms in total. The van der Waals surface area contributed by atoms with Crippen molar-refractivity contribution in [2.24, 2.45) is 11.3 Å². The van der Waals surface area contributed by atoms with Crippen molar-refractivity contribution in [1.82, 2.24) is 0 Å². The molecule has 2 saturated heterocycles. The Morgan fingerprint density at radius 2 is 1.76 bits per heavy atom. The second-order valence-electron chi connectivity index (χ2n) is 11.4. The van der Waals surface area contributed by atoms with Gasteiger partial charge in [-0.1, -0.05) is 31.1 Å². The molecule has 0 radical (unpaired) electrons. The van der Waals surface area contributed by atoms with Gasteiger partial charge in [0, 0.05) is 39.0 Å². The molecule has 2 heterocycles. The smallest absolute Gasteiger partial charge is 0.342 e. The molecule has 0 amide bonds. The number of esters is 4. The van der Waals surface area contributed by atoms with Crippen LogP contribution in [0.15, 0.2) is 23.3 Å². The molecular weight excluding hydrogens is 496 g/mol. The van der Waals surface area contributed by atoms with Gasteiger partial charge < -0.3 is 28.8 Å². The van der Waals surface area contributed by atoms with E-state index in [9.17, 15) is 24.3 Å². The lowest BCUT2D eigenvalue weighted by Gasteiger charge is -2.53. The van der Waals surface area contributed by atoms with Gasteiger partial charge in [-0.3, -0.25) is 14.4 Å². The summed E-state index contributed by atoms with van der Waals surface area (Å²) in [6, 6.07) is 0. The number of hydrogen-bond acceptors (Lipinski definition) is 10. The van der Waals surface area contributed by atoms with Gasteiger partial charge in [-0.05, 0) is 33.3 Å². The molecule has 210 valence electrons. The van der Waals surface area contributed by atoms with Crippen LogP contribution < -0.4 is 0 Å². The Kier molecular flexibility index (Phi) is 7.29. The van der Waals surface area contributed by atoms with E-state index in [1.165, 1.54) is 13.8 Å². The summed E-state index contributed by atoms with van der Waals surface area (Å²) >= 11 is 0. The fourth-order valence-electron chi connectivity index (χ4n) is 6.83. The zero-order valence-corrected chi connectivity index (χ0v) is 23.1. The first kappa shape index (κ1) is 28.3. The van der Waals surface area contributed by atoms with Crippen molar-refractivity contribution < 1.29 is 48.0 Å². The van der Waals surface area contributed by atoms with Crippen LogP contribution in [-0.4, -0.2) is 70.7 Å². The van der Waals surface area contributed by atoms with E-state index < -0.39 is 76.9 Å². The highest BCUT2D eigenvalue weighted by Crippen LogP contribution is 2.64. The number of aliphatic hydroxyl groups excluding tert-OH is 1. The van der Waals surface area contributed by atoms with E-state index in [4.69, 9.17) is 23.7 Å². The lowest BCUT2D eigenvalue weighted by Crippen LogP contribution is -2.63. The Morgan fingerprint density at radius 3 is 2.34 bits per heavy atom. The molecule has 9 unspecified atom stereocenters.